The average Bonchev–Trinajstić information content (AvgIpc) is 3.37. The van der Waals surface area contributed by atoms with Crippen molar-refractivity contribution in [3.05, 3.63) is 94.3 Å². The Labute approximate surface area is 254 Å². The Hall–Kier alpha value is -4.24. The highest BCUT2D eigenvalue weighted by Crippen LogP contribution is 2.35. The Morgan fingerprint density at radius 3 is 2.33 bits per heavy atom. The standard InChI is InChI=1S/C33H33ClFN5O3/c1-20-6-4-10-26-29(25-9-2-3-11-27(25)35)37-31(38-33(43)36-24-8-5-7-23(34)16-24)32(42)40(30(20)26)19-28(41)39-17-21-12-13-22(18-39)15-14-21/h2-11,16,21-22,31H,12-15,17-19H2,1H3,(H2,36,38,43)/t21?,22?,31-/m0/s1. The van der Waals surface area contributed by atoms with Gasteiger partial charge in [0, 0.05) is 34.9 Å². The molecule has 1 aliphatic carbocycles. The number of benzene rings is 3. The van der Waals surface area contributed by atoms with Crippen molar-refractivity contribution in [2.24, 2.45) is 16.8 Å². The van der Waals surface area contributed by atoms with Crippen molar-refractivity contribution in [2.45, 2.75) is 38.8 Å². The minimum Gasteiger partial charge on any atom is -0.341 e. The van der Waals surface area contributed by atoms with E-state index < -0.39 is 23.9 Å². The van der Waals surface area contributed by atoms with E-state index in [1.54, 1.807) is 54.6 Å². The van der Waals surface area contributed by atoms with Gasteiger partial charge in [0.15, 0.2) is 0 Å². The lowest BCUT2D eigenvalue weighted by Crippen LogP contribution is -2.52. The molecule has 3 aliphatic heterocycles. The molecule has 43 heavy (non-hydrogen) atoms. The molecular formula is C33H33ClFN5O3. The first-order valence-electron chi connectivity index (χ1n) is 14.6. The van der Waals surface area contributed by atoms with Crippen LogP contribution in [-0.2, 0) is 9.59 Å². The Morgan fingerprint density at radius 2 is 1.63 bits per heavy atom. The number of nitrogens with one attached hydrogen (secondary N) is 2. The number of urea groups is 1. The van der Waals surface area contributed by atoms with Gasteiger partial charge in [-0.25, -0.2) is 14.2 Å². The second kappa shape index (κ2) is 12.2. The smallest absolute Gasteiger partial charge is 0.321 e. The molecule has 0 aromatic heterocycles. The number of para-hydroxylation sites is 1. The van der Waals surface area contributed by atoms with Crippen molar-refractivity contribution < 1.29 is 18.8 Å². The number of carbonyl (C=O) groups is 3. The number of halogens is 2. The zero-order valence-corrected chi connectivity index (χ0v) is 24.6. The van der Waals surface area contributed by atoms with Crippen molar-refractivity contribution in [3.8, 4) is 0 Å². The summed E-state index contributed by atoms with van der Waals surface area (Å²) in [6.07, 6.45) is 3.03. The molecule has 3 aromatic rings. The second-order valence-corrected chi connectivity index (χ2v) is 12.0. The monoisotopic (exact) mass is 601 g/mol. The van der Waals surface area contributed by atoms with Gasteiger partial charge < -0.3 is 15.5 Å². The van der Waals surface area contributed by atoms with Gasteiger partial charge in [-0.2, -0.15) is 0 Å². The predicted octanol–water partition coefficient (Wildman–Crippen LogP) is 5.77. The van der Waals surface area contributed by atoms with E-state index in [-0.39, 0.29) is 23.7 Å². The molecule has 3 heterocycles. The lowest BCUT2D eigenvalue weighted by atomic mass is 9.84. The summed E-state index contributed by atoms with van der Waals surface area (Å²) in [5, 5.41) is 5.76. The molecule has 0 radical (unpaired) electrons. The molecule has 0 unspecified atom stereocenters. The highest BCUT2D eigenvalue weighted by molar-refractivity contribution is 6.31. The summed E-state index contributed by atoms with van der Waals surface area (Å²) in [6.45, 7) is 2.98. The van der Waals surface area contributed by atoms with Gasteiger partial charge in [-0.3, -0.25) is 14.5 Å². The van der Waals surface area contributed by atoms with Gasteiger partial charge in [-0.15, -0.1) is 0 Å². The van der Waals surface area contributed by atoms with Gasteiger partial charge in [-0.1, -0.05) is 48.0 Å². The van der Waals surface area contributed by atoms with Crippen LogP contribution in [0.1, 0.15) is 42.4 Å². The molecule has 3 fully saturated rings. The summed E-state index contributed by atoms with van der Waals surface area (Å²) in [5.41, 5.74) is 2.51. The number of benzodiazepines with no additional fused rings is 1. The maximum absolute atomic E-state index is 15.2. The van der Waals surface area contributed by atoms with Crippen LogP contribution >= 0.6 is 11.6 Å². The third-order valence-electron chi connectivity index (χ3n) is 8.57. The highest BCUT2D eigenvalue weighted by Gasteiger charge is 2.38. The third-order valence-corrected chi connectivity index (χ3v) is 8.80. The first-order valence-corrected chi connectivity index (χ1v) is 15.0. The molecule has 4 amide bonds. The largest absolute Gasteiger partial charge is 0.341 e. The molecule has 4 aliphatic rings. The molecule has 1 atom stereocenters. The van der Waals surface area contributed by atoms with Crippen LogP contribution < -0.4 is 15.5 Å². The maximum atomic E-state index is 15.2. The molecule has 222 valence electrons. The number of nitrogens with zero attached hydrogens (tertiary/aromatic N) is 3. The number of aryl methyl sites for hydroxylation is 1. The van der Waals surface area contributed by atoms with Crippen LogP contribution in [0, 0.1) is 24.6 Å². The zero-order valence-electron chi connectivity index (χ0n) is 23.9. The van der Waals surface area contributed by atoms with Crippen molar-refractivity contribution in [2.75, 3.05) is 29.9 Å². The fraction of sp³-hybridized carbons (Fsp3) is 0.333. The van der Waals surface area contributed by atoms with Crippen LogP contribution in [0.25, 0.3) is 0 Å². The first kappa shape index (κ1) is 28.9. The predicted molar refractivity (Wildman–Crippen MR) is 165 cm³/mol. The normalized spacial score (nSPS) is 21.4. The van der Waals surface area contributed by atoms with Crippen LogP contribution in [0.4, 0.5) is 20.6 Å². The van der Waals surface area contributed by atoms with Crippen molar-refractivity contribution in [3.63, 3.8) is 0 Å². The van der Waals surface area contributed by atoms with Crippen LogP contribution in [-0.4, -0.2) is 54.3 Å². The fourth-order valence-corrected chi connectivity index (χ4v) is 6.62. The minimum atomic E-state index is -1.44. The van der Waals surface area contributed by atoms with E-state index in [0.717, 1.165) is 31.2 Å². The van der Waals surface area contributed by atoms with E-state index in [9.17, 15) is 14.4 Å². The van der Waals surface area contributed by atoms with Gasteiger partial charge in [0.05, 0.1) is 11.4 Å². The molecule has 8 nitrogen and oxygen atoms in total. The van der Waals surface area contributed by atoms with Crippen LogP contribution in [0.3, 0.4) is 0 Å². The number of anilines is 2. The summed E-state index contributed by atoms with van der Waals surface area (Å²) >= 11 is 6.07. The summed E-state index contributed by atoms with van der Waals surface area (Å²) in [7, 11) is 0. The van der Waals surface area contributed by atoms with E-state index in [1.807, 2.05) is 17.9 Å². The van der Waals surface area contributed by atoms with Gasteiger partial charge in [0.25, 0.3) is 5.91 Å². The third kappa shape index (κ3) is 6.13. The number of fused-ring (bicyclic) bond motifs is 5. The Balaban J connectivity index is 1.38. The molecular weight excluding hydrogens is 569 g/mol. The lowest BCUT2D eigenvalue weighted by molar-refractivity contribution is -0.132. The topological polar surface area (TPSA) is 94.1 Å². The summed E-state index contributed by atoms with van der Waals surface area (Å²) in [6, 6.07) is 17.5. The van der Waals surface area contributed by atoms with E-state index in [4.69, 9.17) is 11.6 Å². The molecule has 2 N–H and O–H groups in total. The molecule has 3 aromatic carbocycles. The number of hydrogen-bond acceptors (Lipinski definition) is 4. The molecule has 1 saturated carbocycles. The highest BCUT2D eigenvalue weighted by atomic mass is 35.5. The summed E-state index contributed by atoms with van der Waals surface area (Å²) in [5.74, 6) is -0.325. The van der Waals surface area contributed by atoms with Crippen molar-refractivity contribution in [1.29, 1.82) is 0 Å². The minimum absolute atomic E-state index is 0.155. The molecule has 2 bridgehead atoms. The average molecular weight is 602 g/mol. The Morgan fingerprint density at radius 1 is 0.953 bits per heavy atom. The number of aliphatic imine (C=N–C) groups is 1. The maximum Gasteiger partial charge on any atom is 0.321 e. The quantitative estimate of drug-likeness (QED) is 0.389. The van der Waals surface area contributed by atoms with Gasteiger partial charge in [-0.05, 0) is 80.3 Å². The van der Waals surface area contributed by atoms with Gasteiger partial charge >= 0.3 is 6.03 Å². The number of rotatable bonds is 5. The number of amides is 4. The van der Waals surface area contributed by atoms with E-state index >= 15 is 4.39 Å². The van der Waals surface area contributed by atoms with Crippen LogP contribution in [0.15, 0.2) is 71.7 Å². The summed E-state index contributed by atoms with van der Waals surface area (Å²) in [4.78, 5) is 49.2. The Kier molecular flexibility index (Phi) is 8.17. The molecule has 7 rings (SSSR count). The lowest BCUT2D eigenvalue weighted by Gasteiger charge is -2.30. The SMILES string of the molecule is Cc1cccc2c1N(CC(=O)N1CC3CCC(CC3)C1)C(=O)[C@H](NC(=O)Nc1cccc(Cl)c1)N=C2c1ccccc1F. The van der Waals surface area contributed by atoms with Gasteiger partial charge in [0.1, 0.15) is 12.4 Å². The van der Waals surface area contributed by atoms with Crippen molar-refractivity contribution >= 4 is 46.5 Å². The van der Waals surface area contributed by atoms with Crippen LogP contribution in [0.5, 0.6) is 0 Å². The molecule has 10 heteroatoms. The van der Waals surface area contributed by atoms with Crippen LogP contribution in [0.2, 0.25) is 5.02 Å². The number of carbonyl (C=O) groups excluding carboxylic acids is 3. The van der Waals surface area contributed by atoms with E-state index in [1.165, 1.54) is 11.0 Å². The van der Waals surface area contributed by atoms with E-state index in [0.29, 0.717) is 46.9 Å². The van der Waals surface area contributed by atoms with Gasteiger partial charge in [0.2, 0.25) is 12.1 Å². The zero-order chi connectivity index (χ0) is 30.1. The number of hydrogen-bond donors (Lipinski definition) is 2. The Bertz CT molecular complexity index is 1590. The first-order chi connectivity index (χ1) is 20.8. The second-order valence-electron chi connectivity index (χ2n) is 11.5. The van der Waals surface area contributed by atoms with E-state index in [2.05, 4.69) is 15.6 Å². The fourth-order valence-electron chi connectivity index (χ4n) is 6.43. The summed E-state index contributed by atoms with van der Waals surface area (Å²) < 4.78 is 15.2. The molecule has 2 saturated heterocycles. The van der Waals surface area contributed by atoms with Crippen molar-refractivity contribution in [1.82, 2.24) is 10.2 Å². The molecule has 0 spiro atoms.